The molecule has 3 aromatic rings. The van der Waals surface area contributed by atoms with Crippen molar-refractivity contribution in [2.45, 2.75) is 56.0 Å². The molecule has 32 heavy (non-hydrogen) atoms. The zero-order valence-electron chi connectivity index (χ0n) is 18.6. The second-order valence-corrected chi connectivity index (χ2v) is 10.6. The molecule has 1 aliphatic rings. The van der Waals surface area contributed by atoms with E-state index in [1.54, 1.807) is 34.4 Å². The summed E-state index contributed by atoms with van der Waals surface area (Å²) in [5.74, 6) is 0.0449. The number of amides is 1. The predicted molar refractivity (Wildman–Crippen MR) is 130 cm³/mol. The Balaban J connectivity index is 1.65. The van der Waals surface area contributed by atoms with Crippen LogP contribution in [-0.2, 0) is 24.2 Å². The number of nitrogens with zero attached hydrogens (tertiary/aromatic N) is 5. The van der Waals surface area contributed by atoms with E-state index < -0.39 is 5.25 Å². The lowest BCUT2D eigenvalue weighted by molar-refractivity contribution is -0.115. The number of thioether (sulfide) groups is 1. The Morgan fingerprint density at radius 2 is 2.03 bits per heavy atom. The lowest BCUT2D eigenvalue weighted by Crippen LogP contribution is -2.28. The fourth-order valence-electron chi connectivity index (χ4n) is 3.84. The Morgan fingerprint density at radius 1 is 1.28 bits per heavy atom. The Labute approximate surface area is 195 Å². The molecular formula is C22H28N6O2S2. The van der Waals surface area contributed by atoms with Gasteiger partial charge in [-0.25, -0.2) is 15.0 Å². The number of fused-ring (bicyclic) bond motifs is 3. The van der Waals surface area contributed by atoms with E-state index in [0.717, 1.165) is 48.9 Å². The van der Waals surface area contributed by atoms with Gasteiger partial charge in [0.05, 0.1) is 10.6 Å². The summed E-state index contributed by atoms with van der Waals surface area (Å²) in [5.41, 5.74) is 1.22. The fourth-order valence-corrected chi connectivity index (χ4v) is 6.08. The second kappa shape index (κ2) is 10.1. The van der Waals surface area contributed by atoms with Crippen molar-refractivity contribution in [3.8, 4) is 0 Å². The number of nitrogens with one attached hydrogen (secondary N) is 1. The molecule has 4 rings (SSSR count). The van der Waals surface area contributed by atoms with Gasteiger partial charge in [0.1, 0.15) is 4.83 Å². The molecule has 1 atom stereocenters. The van der Waals surface area contributed by atoms with Crippen molar-refractivity contribution in [1.82, 2.24) is 24.4 Å². The molecule has 0 aliphatic heterocycles. The van der Waals surface area contributed by atoms with Gasteiger partial charge < -0.3 is 4.90 Å². The van der Waals surface area contributed by atoms with E-state index in [1.165, 1.54) is 22.2 Å². The third kappa shape index (κ3) is 5.02. The maximum Gasteiger partial charge on any atom is 0.263 e. The fraction of sp³-hybridized carbons (Fsp3) is 0.500. The first-order valence-electron chi connectivity index (χ1n) is 10.9. The van der Waals surface area contributed by atoms with Crippen LogP contribution in [0.4, 0.5) is 5.95 Å². The first-order valence-corrected chi connectivity index (χ1v) is 12.6. The Bertz CT molecular complexity index is 1160. The van der Waals surface area contributed by atoms with Gasteiger partial charge in [-0.1, -0.05) is 11.8 Å². The summed E-state index contributed by atoms with van der Waals surface area (Å²) in [4.78, 5) is 43.5. The summed E-state index contributed by atoms with van der Waals surface area (Å²) in [6.45, 7) is 3.25. The molecule has 1 N–H and O–H groups in total. The smallest absolute Gasteiger partial charge is 0.263 e. The maximum atomic E-state index is 13.6. The van der Waals surface area contributed by atoms with Crippen LogP contribution in [0.1, 0.15) is 36.6 Å². The van der Waals surface area contributed by atoms with Crippen LogP contribution in [0.15, 0.2) is 28.4 Å². The highest BCUT2D eigenvalue weighted by Gasteiger charge is 2.24. The van der Waals surface area contributed by atoms with Gasteiger partial charge >= 0.3 is 0 Å². The van der Waals surface area contributed by atoms with Gasteiger partial charge in [-0.3, -0.25) is 19.5 Å². The van der Waals surface area contributed by atoms with Gasteiger partial charge in [-0.2, -0.15) is 0 Å². The lowest BCUT2D eigenvalue weighted by Gasteiger charge is -2.17. The topological polar surface area (TPSA) is 93.0 Å². The number of rotatable bonds is 8. The minimum Gasteiger partial charge on any atom is -0.309 e. The highest BCUT2D eigenvalue weighted by Crippen LogP contribution is 2.35. The zero-order valence-corrected chi connectivity index (χ0v) is 20.3. The van der Waals surface area contributed by atoms with Crippen LogP contribution in [0, 0.1) is 0 Å². The van der Waals surface area contributed by atoms with Crippen LogP contribution in [0.5, 0.6) is 0 Å². The van der Waals surface area contributed by atoms with Crippen molar-refractivity contribution in [2.75, 3.05) is 26.0 Å². The number of aryl methyl sites for hydroxylation is 2. The molecule has 3 aromatic heterocycles. The van der Waals surface area contributed by atoms with Crippen LogP contribution in [0.2, 0.25) is 0 Å². The van der Waals surface area contributed by atoms with Crippen LogP contribution in [-0.4, -0.2) is 56.2 Å². The number of hydrogen-bond acceptors (Lipinski definition) is 8. The Hall–Kier alpha value is -2.30. The second-order valence-electron chi connectivity index (χ2n) is 8.22. The van der Waals surface area contributed by atoms with Gasteiger partial charge in [0, 0.05) is 23.8 Å². The number of carbonyl (C=O) groups excluding carboxylic acids is 1. The highest BCUT2D eigenvalue weighted by atomic mass is 32.2. The van der Waals surface area contributed by atoms with Crippen molar-refractivity contribution in [2.24, 2.45) is 0 Å². The van der Waals surface area contributed by atoms with Crippen molar-refractivity contribution >= 4 is 45.2 Å². The molecule has 0 saturated carbocycles. The molecule has 0 fully saturated rings. The molecule has 0 saturated heterocycles. The molecule has 3 heterocycles. The molecule has 1 amide bonds. The number of aromatic nitrogens is 4. The van der Waals surface area contributed by atoms with Gasteiger partial charge in [0.2, 0.25) is 11.9 Å². The minimum absolute atomic E-state index is 0.0228. The normalized spacial score (nSPS) is 14.5. The van der Waals surface area contributed by atoms with E-state index in [1.807, 2.05) is 21.0 Å². The van der Waals surface area contributed by atoms with E-state index in [0.29, 0.717) is 11.7 Å². The molecule has 10 heteroatoms. The summed E-state index contributed by atoms with van der Waals surface area (Å²) < 4.78 is 1.76. The average Bonchev–Trinajstić information content (AvgIpc) is 3.14. The quantitative estimate of drug-likeness (QED) is 0.397. The highest BCUT2D eigenvalue weighted by molar-refractivity contribution is 8.00. The van der Waals surface area contributed by atoms with Crippen LogP contribution < -0.4 is 10.9 Å². The minimum atomic E-state index is -0.460. The maximum absolute atomic E-state index is 13.6. The van der Waals surface area contributed by atoms with Crippen LogP contribution in [0.25, 0.3) is 10.2 Å². The summed E-state index contributed by atoms with van der Waals surface area (Å²) in [5, 5.41) is 3.65. The van der Waals surface area contributed by atoms with Crippen LogP contribution in [0.3, 0.4) is 0 Å². The monoisotopic (exact) mass is 472 g/mol. The molecule has 8 nitrogen and oxygen atoms in total. The largest absolute Gasteiger partial charge is 0.309 e. The summed E-state index contributed by atoms with van der Waals surface area (Å²) in [7, 11) is 4.04. The molecule has 1 aliphatic carbocycles. The Morgan fingerprint density at radius 3 is 2.78 bits per heavy atom. The SMILES string of the molecule is CC(Sc1nc2sc3c(c2c(=O)n1CCCN(C)C)CCCC3)C(=O)Nc1ncccn1. The van der Waals surface area contributed by atoms with E-state index in [-0.39, 0.29) is 17.4 Å². The lowest BCUT2D eigenvalue weighted by atomic mass is 9.97. The molecule has 1 unspecified atom stereocenters. The molecule has 0 bridgehead atoms. The number of hydrogen-bond donors (Lipinski definition) is 1. The van der Waals surface area contributed by atoms with E-state index in [9.17, 15) is 9.59 Å². The molecule has 170 valence electrons. The van der Waals surface area contributed by atoms with Gasteiger partial charge in [-0.15, -0.1) is 11.3 Å². The standard InChI is InChI=1S/C22H28N6O2S2/c1-14(18(29)25-21-23-10-6-11-24-21)31-22-26-19-17(15-8-4-5-9-16(15)32-19)20(30)28(22)13-7-12-27(2)3/h6,10-11,14H,4-5,7-9,12-13H2,1-3H3,(H,23,24,25,29). The summed E-state index contributed by atoms with van der Waals surface area (Å²) >= 11 is 2.95. The van der Waals surface area contributed by atoms with Crippen molar-refractivity contribution in [3.05, 3.63) is 39.3 Å². The van der Waals surface area contributed by atoms with Crippen molar-refractivity contribution in [1.29, 1.82) is 0 Å². The van der Waals surface area contributed by atoms with Crippen LogP contribution >= 0.6 is 23.1 Å². The number of anilines is 1. The van der Waals surface area contributed by atoms with Gasteiger partial charge in [0.25, 0.3) is 5.56 Å². The van der Waals surface area contributed by atoms with E-state index in [2.05, 4.69) is 20.2 Å². The van der Waals surface area contributed by atoms with Crippen molar-refractivity contribution in [3.63, 3.8) is 0 Å². The third-order valence-electron chi connectivity index (χ3n) is 5.48. The van der Waals surface area contributed by atoms with E-state index in [4.69, 9.17) is 4.98 Å². The van der Waals surface area contributed by atoms with E-state index >= 15 is 0 Å². The molecule has 0 radical (unpaired) electrons. The first kappa shape index (κ1) is 22.9. The van der Waals surface area contributed by atoms with Gasteiger partial charge in [0.15, 0.2) is 5.16 Å². The average molecular weight is 473 g/mol. The zero-order chi connectivity index (χ0) is 22.7. The first-order chi connectivity index (χ1) is 15.4. The number of thiophene rings is 1. The molecule has 0 aromatic carbocycles. The van der Waals surface area contributed by atoms with Gasteiger partial charge in [-0.05, 0) is 71.3 Å². The summed E-state index contributed by atoms with van der Waals surface area (Å²) in [6, 6.07) is 1.69. The Kier molecular flexibility index (Phi) is 7.22. The van der Waals surface area contributed by atoms with Crippen molar-refractivity contribution < 1.29 is 4.79 Å². The predicted octanol–water partition coefficient (Wildman–Crippen LogP) is 3.20. The molecular weight excluding hydrogens is 444 g/mol. The summed E-state index contributed by atoms with van der Waals surface area (Å²) in [6.07, 6.45) is 8.25. The third-order valence-corrected chi connectivity index (χ3v) is 7.75. The number of carbonyl (C=O) groups is 1. The molecule has 0 spiro atoms.